The summed E-state index contributed by atoms with van der Waals surface area (Å²) in [5.74, 6) is 0.674. The van der Waals surface area contributed by atoms with Crippen molar-refractivity contribution in [3.8, 4) is 11.8 Å². The molecule has 0 radical (unpaired) electrons. The van der Waals surface area contributed by atoms with Gasteiger partial charge in [0, 0.05) is 23.7 Å². The van der Waals surface area contributed by atoms with Crippen molar-refractivity contribution in [2.45, 2.75) is 96.6 Å². The second-order valence-electron chi connectivity index (χ2n) is 11.1. The van der Waals surface area contributed by atoms with E-state index in [4.69, 9.17) is 16.3 Å². The van der Waals surface area contributed by atoms with E-state index in [2.05, 4.69) is 34.8 Å². The van der Waals surface area contributed by atoms with Gasteiger partial charge in [0.15, 0.2) is 5.75 Å². The van der Waals surface area contributed by atoms with Crippen LogP contribution < -0.4 is 4.74 Å². The lowest BCUT2D eigenvalue weighted by molar-refractivity contribution is -0.182. The average molecular weight is 457 g/mol. The number of nitriles is 1. The minimum atomic E-state index is -0.536. The van der Waals surface area contributed by atoms with Gasteiger partial charge in [0.1, 0.15) is 11.9 Å². The number of piperidine rings is 2. The Balaban J connectivity index is 1.38. The molecule has 172 valence electrons. The fourth-order valence-corrected chi connectivity index (χ4v) is 7.44. The van der Waals surface area contributed by atoms with Gasteiger partial charge in [-0.25, -0.2) is 4.98 Å². The largest absolute Gasteiger partial charge is 0.488 e. The summed E-state index contributed by atoms with van der Waals surface area (Å²) in [6.07, 6.45) is 8.66. The Morgan fingerprint density at radius 2 is 2.00 bits per heavy atom. The van der Waals surface area contributed by atoms with Gasteiger partial charge in [-0.15, -0.1) is 0 Å². The van der Waals surface area contributed by atoms with E-state index in [1.807, 2.05) is 20.0 Å². The topological polar surface area (TPSA) is 85.2 Å². The number of nitrogens with zero attached hydrogens (tertiary/aromatic N) is 3. The number of hydrogen-bond donors (Lipinski definition) is 2. The molecule has 2 aliphatic carbocycles. The standard InChI is InChI=1S/C25H33ClN4O2/c1-14(2)32-19-11-29-23-21(22(19)26)18(10-28-23)15(3)5-20(31)30-16-6-24(4)7-17(30)9-25(8-16,12-24)13-27/h10-11,14-17,20,31H,5-9,12H2,1-4H3,(H,28,29). The van der Waals surface area contributed by atoms with Crippen LogP contribution >= 0.6 is 11.6 Å². The maximum Gasteiger partial charge on any atom is 0.157 e. The maximum absolute atomic E-state index is 11.4. The Morgan fingerprint density at radius 3 is 2.62 bits per heavy atom. The number of aliphatic hydroxyl groups excluding tert-OH is 1. The summed E-state index contributed by atoms with van der Waals surface area (Å²) in [5, 5.41) is 22.7. The molecule has 32 heavy (non-hydrogen) atoms. The van der Waals surface area contributed by atoms with E-state index in [1.54, 1.807) is 6.20 Å². The molecular formula is C25H33ClN4O2. The van der Waals surface area contributed by atoms with Crippen molar-refractivity contribution in [2.24, 2.45) is 10.8 Å². The first-order chi connectivity index (χ1) is 15.1. The maximum atomic E-state index is 11.4. The van der Waals surface area contributed by atoms with E-state index >= 15 is 0 Å². The average Bonchev–Trinajstić information content (AvgIpc) is 3.13. The monoisotopic (exact) mass is 456 g/mol. The summed E-state index contributed by atoms with van der Waals surface area (Å²) < 4.78 is 5.84. The third kappa shape index (κ3) is 3.50. The summed E-state index contributed by atoms with van der Waals surface area (Å²) in [7, 11) is 0. The van der Waals surface area contributed by atoms with Gasteiger partial charge in [-0.2, -0.15) is 5.26 Å². The minimum absolute atomic E-state index is 0.0108. The summed E-state index contributed by atoms with van der Waals surface area (Å²) >= 11 is 6.72. The zero-order chi connectivity index (χ0) is 22.8. The molecule has 6 rings (SSSR count). The molecule has 4 unspecified atom stereocenters. The van der Waals surface area contributed by atoms with E-state index in [0.29, 0.717) is 29.3 Å². The Hall–Kier alpha value is -1.81. The first-order valence-electron chi connectivity index (χ1n) is 11.8. The summed E-state index contributed by atoms with van der Waals surface area (Å²) in [5.41, 5.74) is 1.84. The van der Waals surface area contributed by atoms with Gasteiger partial charge in [0.2, 0.25) is 0 Å². The lowest BCUT2D eigenvalue weighted by Gasteiger charge is -2.64. The van der Waals surface area contributed by atoms with Gasteiger partial charge in [0.25, 0.3) is 0 Å². The zero-order valence-electron chi connectivity index (χ0n) is 19.4. The fraction of sp³-hybridized carbons (Fsp3) is 0.680. The Morgan fingerprint density at radius 1 is 1.31 bits per heavy atom. The minimum Gasteiger partial charge on any atom is -0.488 e. The number of aromatic amines is 1. The van der Waals surface area contributed by atoms with E-state index in [9.17, 15) is 10.4 Å². The van der Waals surface area contributed by atoms with Crippen LogP contribution in [0.1, 0.15) is 77.7 Å². The van der Waals surface area contributed by atoms with Crippen LogP contribution in [0.3, 0.4) is 0 Å². The third-order valence-electron chi connectivity index (χ3n) is 7.99. The van der Waals surface area contributed by atoms with Crippen LogP contribution in [0, 0.1) is 22.2 Å². The lowest BCUT2D eigenvalue weighted by atomic mass is 9.50. The number of hydrogen-bond acceptors (Lipinski definition) is 5. The molecule has 7 heteroatoms. The Kier molecular flexibility index (Phi) is 5.24. The molecule has 0 amide bonds. The first-order valence-corrected chi connectivity index (χ1v) is 12.2. The number of H-pyrrole nitrogens is 1. The van der Waals surface area contributed by atoms with Gasteiger partial charge in [-0.05, 0) is 69.3 Å². The van der Waals surface area contributed by atoms with E-state index < -0.39 is 6.23 Å². The molecule has 2 aliphatic heterocycles. The first kappa shape index (κ1) is 22.0. The van der Waals surface area contributed by atoms with Crippen molar-refractivity contribution in [1.82, 2.24) is 14.9 Å². The second kappa shape index (κ2) is 7.62. The van der Waals surface area contributed by atoms with Crippen LogP contribution in [0.15, 0.2) is 12.4 Å². The van der Waals surface area contributed by atoms with Gasteiger partial charge in [-0.1, -0.05) is 25.4 Å². The highest BCUT2D eigenvalue weighted by molar-refractivity contribution is 6.37. The molecule has 2 saturated carbocycles. The molecule has 0 aromatic carbocycles. The lowest BCUT2D eigenvalue weighted by Crippen LogP contribution is -2.66. The second-order valence-corrected chi connectivity index (χ2v) is 11.5. The number of ether oxygens (including phenoxy) is 1. The SMILES string of the molecule is CC(C)Oc1cnc2[nH]cc(C(C)CC(O)N3C4CC5(C)CC3CC(C#N)(C4)C5)c2c1Cl. The van der Waals surface area contributed by atoms with Gasteiger partial charge >= 0.3 is 0 Å². The van der Waals surface area contributed by atoms with Crippen molar-refractivity contribution in [3.63, 3.8) is 0 Å². The molecule has 2 aromatic rings. The smallest absolute Gasteiger partial charge is 0.157 e. The van der Waals surface area contributed by atoms with E-state index in [0.717, 1.165) is 48.7 Å². The third-order valence-corrected chi connectivity index (χ3v) is 8.37. The van der Waals surface area contributed by atoms with Crippen LogP contribution in [-0.2, 0) is 0 Å². The van der Waals surface area contributed by atoms with Crippen LogP contribution in [-0.4, -0.2) is 44.4 Å². The molecular weight excluding hydrogens is 424 g/mol. The highest BCUT2D eigenvalue weighted by Gasteiger charge is 2.60. The highest BCUT2D eigenvalue weighted by atomic mass is 35.5. The van der Waals surface area contributed by atoms with E-state index in [1.165, 1.54) is 0 Å². The predicted octanol–water partition coefficient (Wildman–Crippen LogP) is 5.36. The summed E-state index contributed by atoms with van der Waals surface area (Å²) in [6.45, 7) is 8.40. The Bertz CT molecular complexity index is 1060. The molecule has 2 aromatic heterocycles. The number of halogens is 1. The number of pyridine rings is 1. The quantitative estimate of drug-likeness (QED) is 0.610. The fourth-order valence-electron chi connectivity index (χ4n) is 7.15. The highest BCUT2D eigenvalue weighted by Crippen LogP contribution is 2.61. The molecule has 4 bridgehead atoms. The van der Waals surface area contributed by atoms with Crippen LogP contribution in [0.5, 0.6) is 5.75 Å². The molecule has 6 nitrogen and oxygen atoms in total. The molecule has 2 N–H and O–H groups in total. The number of nitrogens with one attached hydrogen (secondary N) is 1. The van der Waals surface area contributed by atoms with Crippen LogP contribution in [0.25, 0.3) is 11.0 Å². The number of rotatable bonds is 6. The van der Waals surface area contributed by atoms with Crippen molar-refractivity contribution in [3.05, 3.63) is 23.0 Å². The summed E-state index contributed by atoms with van der Waals surface area (Å²) in [6, 6.07) is 3.24. The molecule has 4 heterocycles. The zero-order valence-corrected chi connectivity index (χ0v) is 20.1. The normalized spacial score (nSPS) is 33.6. The van der Waals surface area contributed by atoms with Crippen molar-refractivity contribution >= 4 is 22.6 Å². The molecule has 2 saturated heterocycles. The molecule has 4 fully saturated rings. The molecule has 0 spiro atoms. The van der Waals surface area contributed by atoms with Crippen LogP contribution in [0.2, 0.25) is 5.02 Å². The van der Waals surface area contributed by atoms with Crippen molar-refractivity contribution in [1.29, 1.82) is 5.26 Å². The summed E-state index contributed by atoms with van der Waals surface area (Å²) in [4.78, 5) is 10.0. The number of aromatic nitrogens is 2. The number of aliphatic hydroxyl groups is 1. The molecule has 4 atom stereocenters. The van der Waals surface area contributed by atoms with Gasteiger partial charge in [-0.3, -0.25) is 4.90 Å². The van der Waals surface area contributed by atoms with Crippen molar-refractivity contribution < 1.29 is 9.84 Å². The van der Waals surface area contributed by atoms with Gasteiger partial charge in [0.05, 0.1) is 28.8 Å². The van der Waals surface area contributed by atoms with E-state index in [-0.39, 0.29) is 22.9 Å². The molecule has 4 aliphatic rings. The predicted molar refractivity (Wildman–Crippen MR) is 125 cm³/mol. The van der Waals surface area contributed by atoms with Crippen molar-refractivity contribution in [2.75, 3.05) is 0 Å². The van der Waals surface area contributed by atoms with Crippen LogP contribution in [0.4, 0.5) is 0 Å². The Labute approximate surface area is 194 Å². The number of fused-ring (bicyclic) bond motifs is 1. The van der Waals surface area contributed by atoms with Gasteiger partial charge < -0.3 is 14.8 Å².